The number of rotatable bonds is 6. The molecular formula is C22H25N3O2. The average Bonchev–Trinajstić information content (AvgIpc) is 3.12. The van der Waals surface area contributed by atoms with Crippen molar-refractivity contribution in [1.82, 2.24) is 10.5 Å². The lowest BCUT2D eigenvalue weighted by atomic mass is 9.92. The predicted molar refractivity (Wildman–Crippen MR) is 107 cm³/mol. The van der Waals surface area contributed by atoms with Crippen LogP contribution in [0.2, 0.25) is 0 Å². The number of carbonyl (C=O) groups excluding carboxylic acids is 1. The highest BCUT2D eigenvalue weighted by atomic mass is 16.5. The molecule has 1 amide bonds. The van der Waals surface area contributed by atoms with Gasteiger partial charge < -0.3 is 4.52 Å². The van der Waals surface area contributed by atoms with Crippen molar-refractivity contribution in [3.63, 3.8) is 0 Å². The molecule has 3 aromatic rings. The standard InChI is InChI=1S/C22H25N3O2/c1-22(2,3)18-14-20(27-25-18)24-19(26)15-23-21(16-10-6-4-7-11-16)17-12-8-5-9-13-17/h4-14,21,23H,15H2,1-3H3,(H,24,26). The number of hydrogen-bond acceptors (Lipinski definition) is 4. The van der Waals surface area contributed by atoms with E-state index in [1.165, 1.54) is 0 Å². The maximum Gasteiger partial charge on any atom is 0.240 e. The Balaban J connectivity index is 1.67. The molecule has 0 aliphatic heterocycles. The quantitative estimate of drug-likeness (QED) is 0.686. The Kier molecular flexibility index (Phi) is 5.72. The molecule has 5 heteroatoms. The lowest BCUT2D eigenvalue weighted by molar-refractivity contribution is -0.115. The zero-order valence-corrected chi connectivity index (χ0v) is 15.9. The van der Waals surface area contributed by atoms with Gasteiger partial charge in [0.15, 0.2) is 0 Å². The van der Waals surface area contributed by atoms with E-state index in [1.807, 2.05) is 57.2 Å². The number of amides is 1. The fraction of sp³-hybridized carbons (Fsp3) is 0.273. The molecule has 27 heavy (non-hydrogen) atoms. The Morgan fingerprint density at radius 1 is 1.00 bits per heavy atom. The molecule has 0 radical (unpaired) electrons. The zero-order valence-electron chi connectivity index (χ0n) is 15.9. The van der Waals surface area contributed by atoms with Gasteiger partial charge in [0.05, 0.1) is 18.3 Å². The fourth-order valence-electron chi connectivity index (χ4n) is 2.78. The SMILES string of the molecule is CC(C)(C)c1cc(NC(=O)CNC(c2ccccc2)c2ccccc2)on1. The van der Waals surface area contributed by atoms with E-state index >= 15 is 0 Å². The molecular weight excluding hydrogens is 338 g/mol. The van der Waals surface area contributed by atoms with Gasteiger partial charge in [0, 0.05) is 11.5 Å². The van der Waals surface area contributed by atoms with Gasteiger partial charge in [-0.25, -0.2) is 0 Å². The summed E-state index contributed by atoms with van der Waals surface area (Å²) in [6.07, 6.45) is 0. The van der Waals surface area contributed by atoms with Crippen LogP contribution in [-0.4, -0.2) is 17.6 Å². The van der Waals surface area contributed by atoms with Crippen molar-refractivity contribution in [2.24, 2.45) is 0 Å². The minimum atomic E-state index is -0.177. The zero-order chi connectivity index (χ0) is 19.3. The van der Waals surface area contributed by atoms with Crippen molar-refractivity contribution in [3.8, 4) is 0 Å². The number of benzene rings is 2. The van der Waals surface area contributed by atoms with E-state index in [0.29, 0.717) is 5.88 Å². The van der Waals surface area contributed by atoms with E-state index in [2.05, 4.69) is 40.1 Å². The number of nitrogens with zero attached hydrogens (tertiary/aromatic N) is 1. The van der Waals surface area contributed by atoms with Crippen molar-refractivity contribution in [1.29, 1.82) is 0 Å². The Morgan fingerprint density at radius 2 is 1.56 bits per heavy atom. The summed E-state index contributed by atoms with van der Waals surface area (Å²) in [5.74, 6) is 0.186. The second kappa shape index (κ2) is 8.18. The van der Waals surface area contributed by atoms with Gasteiger partial charge in [0.1, 0.15) is 0 Å². The van der Waals surface area contributed by atoms with Crippen LogP contribution in [0.15, 0.2) is 71.3 Å². The van der Waals surface area contributed by atoms with Crippen LogP contribution in [0.3, 0.4) is 0 Å². The highest BCUT2D eigenvalue weighted by molar-refractivity contribution is 5.91. The van der Waals surface area contributed by atoms with Gasteiger partial charge in [-0.1, -0.05) is 86.6 Å². The lowest BCUT2D eigenvalue weighted by Crippen LogP contribution is -2.31. The van der Waals surface area contributed by atoms with Crippen LogP contribution in [0.4, 0.5) is 5.88 Å². The molecule has 0 aliphatic rings. The second-order valence-corrected chi connectivity index (χ2v) is 7.51. The van der Waals surface area contributed by atoms with Gasteiger partial charge in [-0.3, -0.25) is 15.4 Å². The molecule has 1 heterocycles. The molecule has 1 aromatic heterocycles. The normalized spacial score (nSPS) is 11.6. The maximum absolute atomic E-state index is 12.4. The Hall–Kier alpha value is -2.92. The van der Waals surface area contributed by atoms with Gasteiger partial charge in [0.25, 0.3) is 0 Å². The summed E-state index contributed by atoms with van der Waals surface area (Å²) >= 11 is 0. The summed E-state index contributed by atoms with van der Waals surface area (Å²) in [7, 11) is 0. The first-order chi connectivity index (χ1) is 12.9. The van der Waals surface area contributed by atoms with Crippen LogP contribution in [0.25, 0.3) is 0 Å². The van der Waals surface area contributed by atoms with Crippen LogP contribution in [-0.2, 0) is 10.2 Å². The Labute approximate surface area is 159 Å². The molecule has 3 rings (SSSR count). The molecule has 0 atom stereocenters. The number of hydrogen-bond donors (Lipinski definition) is 2. The fourth-order valence-corrected chi connectivity index (χ4v) is 2.78. The van der Waals surface area contributed by atoms with Gasteiger partial charge in [-0.05, 0) is 11.1 Å². The van der Waals surface area contributed by atoms with Crippen molar-refractivity contribution < 1.29 is 9.32 Å². The minimum absolute atomic E-state index is 0.0713. The molecule has 0 bridgehead atoms. The molecule has 0 unspecified atom stereocenters. The third-order valence-corrected chi connectivity index (χ3v) is 4.27. The highest BCUT2D eigenvalue weighted by Gasteiger charge is 2.20. The predicted octanol–water partition coefficient (Wildman–Crippen LogP) is 4.29. The van der Waals surface area contributed by atoms with Gasteiger partial charge in [-0.2, -0.15) is 0 Å². The van der Waals surface area contributed by atoms with E-state index in [-0.39, 0.29) is 23.9 Å². The molecule has 0 aliphatic carbocycles. The summed E-state index contributed by atoms with van der Waals surface area (Å²) < 4.78 is 5.23. The highest BCUT2D eigenvalue weighted by Crippen LogP contribution is 2.24. The van der Waals surface area contributed by atoms with Crippen LogP contribution in [0.5, 0.6) is 0 Å². The molecule has 0 saturated carbocycles. The summed E-state index contributed by atoms with van der Waals surface area (Å²) in [6, 6.07) is 21.8. The summed E-state index contributed by atoms with van der Waals surface area (Å²) in [5, 5.41) is 10.1. The van der Waals surface area contributed by atoms with Crippen molar-refractivity contribution in [3.05, 3.63) is 83.6 Å². The molecule has 2 N–H and O–H groups in total. The first kappa shape index (κ1) is 18.9. The van der Waals surface area contributed by atoms with E-state index in [9.17, 15) is 4.79 Å². The van der Waals surface area contributed by atoms with Crippen LogP contribution in [0, 0.1) is 0 Å². The van der Waals surface area contributed by atoms with Crippen LogP contribution in [0.1, 0.15) is 43.6 Å². The van der Waals surface area contributed by atoms with E-state index in [0.717, 1.165) is 16.8 Å². The molecule has 2 aromatic carbocycles. The smallest absolute Gasteiger partial charge is 0.240 e. The van der Waals surface area contributed by atoms with Gasteiger partial charge >= 0.3 is 0 Å². The molecule has 0 saturated heterocycles. The maximum atomic E-state index is 12.4. The number of anilines is 1. The van der Waals surface area contributed by atoms with E-state index in [4.69, 9.17) is 4.52 Å². The van der Waals surface area contributed by atoms with Gasteiger partial charge in [-0.15, -0.1) is 0 Å². The van der Waals surface area contributed by atoms with E-state index in [1.54, 1.807) is 6.07 Å². The molecule has 0 fully saturated rings. The van der Waals surface area contributed by atoms with Crippen LogP contribution >= 0.6 is 0 Å². The monoisotopic (exact) mass is 363 g/mol. The average molecular weight is 363 g/mol. The third kappa shape index (κ3) is 5.05. The summed E-state index contributed by atoms with van der Waals surface area (Å²) in [4.78, 5) is 12.4. The number of aromatic nitrogens is 1. The number of carbonyl (C=O) groups is 1. The van der Waals surface area contributed by atoms with Crippen molar-refractivity contribution in [2.75, 3.05) is 11.9 Å². The lowest BCUT2D eigenvalue weighted by Gasteiger charge is -2.19. The minimum Gasteiger partial charge on any atom is -0.338 e. The van der Waals surface area contributed by atoms with Crippen LogP contribution < -0.4 is 10.6 Å². The summed E-state index contributed by atoms with van der Waals surface area (Å²) in [6.45, 7) is 6.28. The van der Waals surface area contributed by atoms with Gasteiger partial charge in [0.2, 0.25) is 11.8 Å². The van der Waals surface area contributed by atoms with E-state index < -0.39 is 0 Å². The second-order valence-electron chi connectivity index (χ2n) is 7.51. The molecule has 140 valence electrons. The van der Waals surface area contributed by atoms with Crippen molar-refractivity contribution >= 4 is 11.8 Å². The third-order valence-electron chi connectivity index (χ3n) is 4.27. The largest absolute Gasteiger partial charge is 0.338 e. The first-order valence-corrected chi connectivity index (χ1v) is 9.04. The topological polar surface area (TPSA) is 67.2 Å². The summed E-state index contributed by atoms with van der Waals surface area (Å²) in [5.41, 5.74) is 2.88. The Bertz CT molecular complexity index is 828. The molecule has 5 nitrogen and oxygen atoms in total. The number of nitrogens with one attached hydrogen (secondary N) is 2. The van der Waals surface area contributed by atoms with Crippen molar-refractivity contribution in [2.45, 2.75) is 32.2 Å². The molecule has 0 spiro atoms. The first-order valence-electron chi connectivity index (χ1n) is 9.04. The Morgan fingerprint density at radius 3 is 2.04 bits per heavy atom.